The predicted octanol–water partition coefficient (Wildman–Crippen LogP) is 2.74. The van der Waals surface area contributed by atoms with E-state index >= 15 is 0 Å². The maximum atomic E-state index is 13.0. The fourth-order valence-electron chi connectivity index (χ4n) is 3.51. The molecule has 0 radical (unpaired) electrons. The lowest BCUT2D eigenvalue weighted by molar-refractivity contribution is -0.271. The fourth-order valence-corrected chi connectivity index (χ4v) is 3.51. The first-order valence-electron chi connectivity index (χ1n) is 8.91. The summed E-state index contributed by atoms with van der Waals surface area (Å²) in [6, 6.07) is -1.53. The van der Waals surface area contributed by atoms with Crippen molar-refractivity contribution in [2.24, 2.45) is 0 Å². The van der Waals surface area contributed by atoms with Crippen LogP contribution in [0.4, 0.5) is 18.0 Å². The molecule has 0 bridgehead atoms. The highest BCUT2D eigenvalue weighted by Crippen LogP contribution is 2.41. The number of carbonyl (C=O) groups is 2. The van der Waals surface area contributed by atoms with Crippen molar-refractivity contribution < 1.29 is 32.6 Å². The molecule has 1 aliphatic carbocycles. The largest absolute Gasteiger partial charge is 0.444 e. The second kappa shape index (κ2) is 7.25. The number of rotatable bonds is 2. The van der Waals surface area contributed by atoms with E-state index in [-0.39, 0.29) is 12.8 Å². The monoisotopic (exact) mass is 380 g/mol. The Kier molecular flexibility index (Phi) is 5.80. The number of ether oxygens (including phenoxy) is 1. The highest BCUT2D eigenvalue weighted by molar-refractivity contribution is 5.86. The first kappa shape index (κ1) is 20.8. The van der Waals surface area contributed by atoms with E-state index in [9.17, 15) is 27.9 Å². The average molecular weight is 380 g/mol. The molecule has 2 N–H and O–H groups in total. The molecule has 2 rings (SSSR count). The maximum absolute atomic E-state index is 13.0. The lowest BCUT2D eigenvalue weighted by Gasteiger charge is -2.38. The molecule has 0 aromatic rings. The molecular weight excluding hydrogens is 353 g/mol. The number of nitrogens with one attached hydrogen (secondary N) is 1. The quantitative estimate of drug-likeness (QED) is 0.772. The molecule has 2 aliphatic rings. The molecule has 150 valence electrons. The van der Waals surface area contributed by atoms with Gasteiger partial charge in [-0.3, -0.25) is 9.69 Å². The van der Waals surface area contributed by atoms with Crippen LogP contribution in [0.1, 0.15) is 59.3 Å². The Bertz CT molecular complexity index is 547. The Balaban J connectivity index is 1.99. The molecular formula is C17H27F3N2O4. The zero-order chi connectivity index (χ0) is 19.8. The van der Waals surface area contributed by atoms with Gasteiger partial charge in [-0.15, -0.1) is 0 Å². The number of carbonyl (C=O) groups excluding carboxylic acids is 2. The third-order valence-electron chi connectivity index (χ3n) is 4.78. The van der Waals surface area contributed by atoms with Gasteiger partial charge in [0.1, 0.15) is 11.6 Å². The van der Waals surface area contributed by atoms with Gasteiger partial charge in [0.15, 0.2) is 5.60 Å². The van der Waals surface area contributed by atoms with Gasteiger partial charge in [-0.1, -0.05) is 0 Å². The number of alkyl halides is 3. The minimum atomic E-state index is -4.73. The summed E-state index contributed by atoms with van der Waals surface area (Å²) in [6.07, 6.45) is -4.68. The molecule has 1 saturated heterocycles. The van der Waals surface area contributed by atoms with Crippen molar-refractivity contribution in [2.45, 2.75) is 88.8 Å². The summed E-state index contributed by atoms with van der Waals surface area (Å²) >= 11 is 0. The lowest BCUT2D eigenvalue weighted by Crippen LogP contribution is -2.56. The van der Waals surface area contributed by atoms with Gasteiger partial charge in [0.2, 0.25) is 5.91 Å². The maximum Gasteiger partial charge on any atom is 0.417 e. The molecule has 3 atom stereocenters. The SMILES string of the molecule is CC(C)(C)OC(=O)N1CCC[C@H]1C(=O)NC1CCCC(O)(C(F)(F)F)C1. The average Bonchev–Trinajstić information content (AvgIpc) is 2.94. The minimum Gasteiger partial charge on any atom is -0.444 e. The van der Waals surface area contributed by atoms with Crippen molar-refractivity contribution in [3.63, 3.8) is 0 Å². The van der Waals surface area contributed by atoms with Crippen LogP contribution in [-0.2, 0) is 9.53 Å². The van der Waals surface area contributed by atoms with Gasteiger partial charge in [-0.05, 0) is 52.9 Å². The summed E-state index contributed by atoms with van der Waals surface area (Å²) in [5.41, 5.74) is -3.48. The topological polar surface area (TPSA) is 78.9 Å². The second-order valence-corrected chi connectivity index (χ2v) is 8.16. The van der Waals surface area contributed by atoms with Crippen LogP contribution in [0.25, 0.3) is 0 Å². The lowest BCUT2D eigenvalue weighted by atomic mass is 9.81. The molecule has 2 fully saturated rings. The van der Waals surface area contributed by atoms with Crippen molar-refractivity contribution in [1.29, 1.82) is 0 Å². The van der Waals surface area contributed by atoms with Crippen LogP contribution in [-0.4, -0.2) is 58.0 Å². The summed E-state index contributed by atoms with van der Waals surface area (Å²) in [4.78, 5) is 26.1. The molecule has 0 aromatic carbocycles. The van der Waals surface area contributed by atoms with Gasteiger partial charge in [-0.2, -0.15) is 13.2 Å². The molecule has 0 aromatic heterocycles. The predicted molar refractivity (Wildman–Crippen MR) is 87.4 cm³/mol. The smallest absolute Gasteiger partial charge is 0.417 e. The number of aliphatic hydroxyl groups is 1. The molecule has 9 heteroatoms. The highest BCUT2D eigenvalue weighted by atomic mass is 19.4. The van der Waals surface area contributed by atoms with Crippen LogP contribution in [0.5, 0.6) is 0 Å². The number of likely N-dealkylation sites (tertiary alicyclic amines) is 1. The molecule has 2 unspecified atom stereocenters. The number of hydrogen-bond acceptors (Lipinski definition) is 4. The van der Waals surface area contributed by atoms with Gasteiger partial charge in [0.25, 0.3) is 0 Å². The van der Waals surface area contributed by atoms with Crippen LogP contribution in [0, 0.1) is 0 Å². The van der Waals surface area contributed by atoms with E-state index in [1.807, 2.05) is 0 Å². The van der Waals surface area contributed by atoms with Gasteiger partial charge in [0, 0.05) is 19.0 Å². The minimum absolute atomic E-state index is 0.168. The van der Waals surface area contributed by atoms with E-state index in [4.69, 9.17) is 4.74 Å². The number of nitrogens with zero attached hydrogens (tertiary/aromatic N) is 1. The van der Waals surface area contributed by atoms with Crippen LogP contribution in [0.3, 0.4) is 0 Å². The molecule has 26 heavy (non-hydrogen) atoms. The molecule has 6 nitrogen and oxygen atoms in total. The molecule has 1 heterocycles. The summed E-state index contributed by atoms with van der Waals surface area (Å²) < 4.78 is 44.4. The Labute approximate surface area is 151 Å². The van der Waals surface area contributed by atoms with Gasteiger partial charge >= 0.3 is 12.3 Å². The molecule has 1 saturated carbocycles. The molecule has 0 spiro atoms. The third kappa shape index (κ3) is 4.81. The Morgan fingerprint density at radius 3 is 2.42 bits per heavy atom. The van der Waals surface area contributed by atoms with Gasteiger partial charge < -0.3 is 15.2 Å². The summed E-state index contributed by atoms with van der Waals surface area (Å²) in [5, 5.41) is 12.5. The molecule has 2 amide bonds. The normalized spacial score (nSPS) is 30.2. The van der Waals surface area contributed by atoms with Crippen molar-refractivity contribution in [2.75, 3.05) is 6.54 Å². The van der Waals surface area contributed by atoms with Crippen LogP contribution >= 0.6 is 0 Å². The van der Waals surface area contributed by atoms with Crippen molar-refractivity contribution >= 4 is 12.0 Å². The van der Waals surface area contributed by atoms with Crippen molar-refractivity contribution in [3.05, 3.63) is 0 Å². The van der Waals surface area contributed by atoms with E-state index < -0.39 is 47.9 Å². The standard InChI is InChI=1S/C17H27F3N2O4/c1-15(2,3)26-14(24)22-9-5-7-12(22)13(23)21-11-6-4-8-16(25,10-11)17(18,19)20/h11-12,25H,4-10H2,1-3H3,(H,21,23)/t11?,12-,16?/m0/s1. The number of amides is 2. The van der Waals surface area contributed by atoms with Crippen molar-refractivity contribution in [1.82, 2.24) is 10.2 Å². The van der Waals surface area contributed by atoms with Crippen molar-refractivity contribution in [3.8, 4) is 0 Å². The zero-order valence-electron chi connectivity index (χ0n) is 15.4. The first-order valence-corrected chi connectivity index (χ1v) is 8.91. The van der Waals surface area contributed by atoms with E-state index in [1.165, 1.54) is 4.90 Å². The Morgan fingerprint density at radius 1 is 1.19 bits per heavy atom. The highest BCUT2D eigenvalue weighted by Gasteiger charge is 2.55. The van der Waals surface area contributed by atoms with E-state index in [0.717, 1.165) is 0 Å². The van der Waals surface area contributed by atoms with Crippen LogP contribution in [0.15, 0.2) is 0 Å². The first-order chi connectivity index (χ1) is 11.8. The van der Waals surface area contributed by atoms with E-state index in [0.29, 0.717) is 25.8 Å². The van der Waals surface area contributed by atoms with E-state index in [1.54, 1.807) is 20.8 Å². The van der Waals surface area contributed by atoms with E-state index in [2.05, 4.69) is 5.32 Å². The number of halogens is 3. The van der Waals surface area contributed by atoms with Gasteiger partial charge in [0.05, 0.1) is 0 Å². The molecule has 1 aliphatic heterocycles. The Morgan fingerprint density at radius 2 is 1.85 bits per heavy atom. The zero-order valence-corrected chi connectivity index (χ0v) is 15.4. The Hall–Kier alpha value is -1.51. The van der Waals surface area contributed by atoms with Crippen LogP contribution < -0.4 is 5.32 Å². The van der Waals surface area contributed by atoms with Gasteiger partial charge in [-0.25, -0.2) is 4.79 Å². The second-order valence-electron chi connectivity index (χ2n) is 8.16. The summed E-state index contributed by atoms with van der Waals surface area (Å²) in [5.74, 6) is -0.496. The fraction of sp³-hybridized carbons (Fsp3) is 0.882. The third-order valence-corrected chi connectivity index (χ3v) is 4.78. The number of hydrogen-bond donors (Lipinski definition) is 2. The van der Waals surface area contributed by atoms with Crippen LogP contribution in [0.2, 0.25) is 0 Å². The summed E-state index contributed by atoms with van der Waals surface area (Å²) in [6.45, 7) is 5.52. The summed E-state index contributed by atoms with van der Waals surface area (Å²) in [7, 11) is 0.